The number of pyridine rings is 1. The molecule has 0 saturated heterocycles. The largest absolute Gasteiger partial charge is 0.439 e. The number of aromatic nitrogens is 1. The zero-order valence-electron chi connectivity index (χ0n) is 9.70. The summed E-state index contributed by atoms with van der Waals surface area (Å²) in [5.41, 5.74) is 8.55. The van der Waals surface area contributed by atoms with Gasteiger partial charge in [-0.15, -0.1) is 0 Å². The molecule has 0 radical (unpaired) electrons. The van der Waals surface area contributed by atoms with Gasteiger partial charge in [-0.2, -0.15) is 0 Å². The number of benzene rings is 1. The lowest BCUT2D eigenvalue weighted by Gasteiger charge is -2.10. The van der Waals surface area contributed by atoms with Crippen LogP contribution in [-0.4, -0.2) is 4.98 Å². The molecule has 0 spiro atoms. The minimum atomic E-state index is 0.569. The van der Waals surface area contributed by atoms with Crippen molar-refractivity contribution in [3.05, 3.63) is 46.1 Å². The first kappa shape index (κ1) is 11.9. The minimum absolute atomic E-state index is 0.569. The second kappa shape index (κ2) is 4.75. The molecule has 0 fully saturated rings. The monoisotopic (exact) mass is 292 g/mol. The fourth-order valence-corrected chi connectivity index (χ4v) is 1.64. The number of anilines is 1. The van der Waals surface area contributed by atoms with Crippen LogP contribution in [0.4, 0.5) is 5.69 Å². The molecule has 0 saturated carbocycles. The molecule has 0 aliphatic carbocycles. The fourth-order valence-electron chi connectivity index (χ4n) is 1.42. The zero-order valence-corrected chi connectivity index (χ0v) is 11.3. The molecule has 2 N–H and O–H groups in total. The minimum Gasteiger partial charge on any atom is -0.439 e. The third-order valence-electron chi connectivity index (χ3n) is 2.56. The number of hydrogen-bond acceptors (Lipinski definition) is 3. The number of rotatable bonds is 2. The molecule has 2 rings (SSSR count). The highest BCUT2D eigenvalue weighted by molar-refractivity contribution is 9.10. The van der Waals surface area contributed by atoms with E-state index in [0.717, 1.165) is 27.0 Å². The lowest BCUT2D eigenvalue weighted by atomic mass is 10.2. The summed E-state index contributed by atoms with van der Waals surface area (Å²) in [5, 5.41) is 0. The number of hydrogen-bond donors (Lipinski definition) is 1. The van der Waals surface area contributed by atoms with Gasteiger partial charge in [0.05, 0.1) is 0 Å². The molecule has 3 nitrogen and oxygen atoms in total. The predicted molar refractivity (Wildman–Crippen MR) is 72.3 cm³/mol. The first-order valence-corrected chi connectivity index (χ1v) is 6.02. The van der Waals surface area contributed by atoms with Gasteiger partial charge in [0, 0.05) is 28.0 Å². The Balaban J connectivity index is 2.31. The van der Waals surface area contributed by atoms with Gasteiger partial charge >= 0.3 is 0 Å². The van der Waals surface area contributed by atoms with Crippen LogP contribution >= 0.6 is 15.9 Å². The van der Waals surface area contributed by atoms with Crippen LogP contribution in [0.5, 0.6) is 11.6 Å². The van der Waals surface area contributed by atoms with Crippen molar-refractivity contribution in [2.45, 2.75) is 13.8 Å². The Labute approximate surface area is 109 Å². The second-order valence-electron chi connectivity index (χ2n) is 3.84. The van der Waals surface area contributed by atoms with Crippen molar-refractivity contribution >= 4 is 21.6 Å². The molecule has 1 heterocycles. The van der Waals surface area contributed by atoms with Crippen molar-refractivity contribution in [3.63, 3.8) is 0 Å². The Morgan fingerprint density at radius 1 is 1.29 bits per heavy atom. The molecule has 0 atom stereocenters. The summed E-state index contributed by atoms with van der Waals surface area (Å²) in [7, 11) is 0. The van der Waals surface area contributed by atoms with E-state index in [4.69, 9.17) is 10.5 Å². The molecule has 0 aliphatic rings. The van der Waals surface area contributed by atoms with E-state index in [1.165, 1.54) is 0 Å². The second-order valence-corrected chi connectivity index (χ2v) is 4.70. The molecule has 4 heteroatoms. The van der Waals surface area contributed by atoms with E-state index in [-0.39, 0.29) is 0 Å². The van der Waals surface area contributed by atoms with Gasteiger partial charge in [0.2, 0.25) is 5.88 Å². The van der Waals surface area contributed by atoms with Crippen LogP contribution < -0.4 is 10.5 Å². The Morgan fingerprint density at radius 2 is 2.06 bits per heavy atom. The molecule has 1 aromatic carbocycles. The molecule has 2 aromatic rings. The van der Waals surface area contributed by atoms with E-state index in [9.17, 15) is 0 Å². The van der Waals surface area contributed by atoms with Crippen molar-refractivity contribution in [2.24, 2.45) is 0 Å². The topological polar surface area (TPSA) is 48.1 Å². The summed E-state index contributed by atoms with van der Waals surface area (Å²) < 4.78 is 6.68. The Hall–Kier alpha value is -1.55. The number of aryl methyl sites for hydroxylation is 1. The van der Waals surface area contributed by atoms with Gasteiger partial charge in [-0.25, -0.2) is 4.98 Å². The van der Waals surface area contributed by atoms with Crippen molar-refractivity contribution < 1.29 is 4.74 Å². The van der Waals surface area contributed by atoms with Gasteiger partial charge in [-0.3, -0.25) is 0 Å². The predicted octanol–water partition coefficient (Wildman–Crippen LogP) is 3.84. The van der Waals surface area contributed by atoms with Crippen LogP contribution in [0.3, 0.4) is 0 Å². The molecule has 0 unspecified atom stereocenters. The lowest BCUT2D eigenvalue weighted by Crippen LogP contribution is -1.95. The SMILES string of the molecule is Cc1cc(Oc2cccc(N)c2C)ncc1Br. The maximum absolute atomic E-state index is 5.82. The Kier molecular flexibility index (Phi) is 3.33. The first-order chi connectivity index (χ1) is 8.08. The van der Waals surface area contributed by atoms with E-state index >= 15 is 0 Å². The number of nitrogens with zero attached hydrogens (tertiary/aromatic N) is 1. The van der Waals surface area contributed by atoms with Crippen molar-refractivity contribution in [1.29, 1.82) is 0 Å². The molecule has 0 amide bonds. The number of nitrogens with two attached hydrogens (primary N) is 1. The van der Waals surface area contributed by atoms with E-state index in [2.05, 4.69) is 20.9 Å². The lowest BCUT2D eigenvalue weighted by molar-refractivity contribution is 0.459. The van der Waals surface area contributed by atoms with Crippen LogP contribution in [0.25, 0.3) is 0 Å². The zero-order chi connectivity index (χ0) is 12.4. The quantitative estimate of drug-likeness (QED) is 0.856. The highest BCUT2D eigenvalue weighted by Crippen LogP contribution is 2.28. The van der Waals surface area contributed by atoms with Crippen molar-refractivity contribution in [2.75, 3.05) is 5.73 Å². The Morgan fingerprint density at radius 3 is 2.76 bits per heavy atom. The maximum Gasteiger partial charge on any atom is 0.219 e. The van der Waals surface area contributed by atoms with Crippen LogP contribution in [0, 0.1) is 13.8 Å². The standard InChI is InChI=1S/C13H13BrN2O/c1-8-6-13(16-7-10(8)14)17-12-5-3-4-11(15)9(12)2/h3-7H,15H2,1-2H3. The fraction of sp³-hybridized carbons (Fsp3) is 0.154. The average Bonchev–Trinajstić information content (AvgIpc) is 2.30. The summed E-state index contributed by atoms with van der Waals surface area (Å²) in [5.74, 6) is 1.30. The highest BCUT2D eigenvalue weighted by atomic mass is 79.9. The van der Waals surface area contributed by atoms with E-state index in [0.29, 0.717) is 5.88 Å². The van der Waals surface area contributed by atoms with Crippen LogP contribution in [0.15, 0.2) is 34.9 Å². The van der Waals surface area contributed by atoms with E-state index in [1.54, 1.807) is 6.20 Å². The molecule has 1 aromatic heterocycles. The van der Waals surface area contributed by atoms with Gasteiger partial charge in [-0.05, 0) is 47.5 Å². The molecule has 88 valence electrons. The van der Waals surface area contributed by atoms with Crippen LogP contribution in [0.2, 0.25) is 0 Å². The van der Waals surface area contributed by atoms with Crippen LogP contribution in [-0.2, 0) is 0 Å². The van der Waals surface area contributed by atoms with Crippen LogP contribution in [0.1, 0.15) is 11.1 Å². The number of halogens is 1. The van der Waals surface area contributed by atoms with Crippen molar-refractivity contribution in [3.8, 4) is 11.6 Å². The van der Waals surface area contributed by atoms with Gasteiger partial charge in [-0.1, -0.05) is 6.07 Å². The van der Waals surface area contributed by atoms with Crippen molar-refractivity contribution in [1.82, 2.24) is 4.98 Å². The van der Waals surface area contributed by atoms with E-state index < -0.39 is 0 Å². The highest BCUT2D eigenvalue weighted by Gasteiger charge is 2.05. The van der Waals surface area contributed by atoms with Gasteiger partial charge < -0.3 is 10.5 Å². The summed E-state index contributed by atoms with van der Waals surface area (Å²) in [6.45, 7) is 3.92. The number of nitrogen functional groups attached to an aromatic ring is 1. The summed E-state index contributed by atoms with van der Waals surface area (Å²) in [6, 6.07) is 7.48. The summed E-state index contributed by atoms with van der Waals surface area (Å²) >= 11 is 3.40. The van der Waals surface area contributed by atoms with Gasteiger partial charge in [0.1, 0.15) is 5.75 Å². The molecule has 0 aliphatic heterocycles. The number of ether oxygens (including phenoxy) is 1. The Bertz CT molecular complexity index is 555. The molecular weight excluding hydrogens is 280 g/mol. The van der Waals surface area contributed by atoms with Gasteiger partial charge in [0.25, 0.3) is 0 Å². The van der Waals surface area contributed by atoms with Gasteiger partial charge in [0.15, 0.2) is 0 Å². The van der Waals surface area contributed by atoms with E-state index in [1.807, 2.05) is 38.1 Å². The first-order valence-electron chi connectivity index (χ1n) is 5.23. The normalized spacial score (nSPS) is 10.3. The molecule has 0 bridgehead atoms. The maximum atomic E-state index is 5.82. The smallest absolute Gasteiger partial charge is 0.219 e. The third-order valence-corrected chi connectivity index (χ3v) is 3.39. The molecular formula is C13H13BrN2O. The third kappa shape index (κ3) is 2.58. The summed E-state index contributed by atoms with van der Waals surface area (Å²) in [6.07, 6.45) is 1.73. The average molecular weight is 293 g/mol. The molecule has 17 heavy (non-hydrogen) atoms. The summed E-state index contributed by atoms with van der Waals surface area (Å²) in [4.78, 5) is 4.20.